The summed E-state index contributed by atoms with van der Waals surface area (Å²) in [5.74, 6) is 0.369. The van der Waals surface area contributed by atoms with Gasteiger partial charge in [-0.25, -0.2) is 4.79 Å². The molecule has 0 fully saturated rings. The second-order valence-electron chi connectivity index (χ2n) is 4.49. The lowest BCUT2D eigenvalue weighted by molar-refractivity contribution is 0.262. The molecule has 0 aromatic heterocycles. The zero-order valence-electron chi connectivity index (χ0n) is 13.0. The molecule has 0 aliphatic heterocycles. The summed E-state index contributed by atoms with van der Waals surface area (Å²) in [6.07, 6.45) is 0. The maximum Gasteiger partial charge on any atom is 0.323 e. The summed E-state index contributed by atoms with van der Waals surface area (Å²) in [6, 6.07) is 9.86. The Balaban J connectivity index is 2.27. The quantitative estimate of drug-likeness (QED) is 0.737. The van der Waals surface area contributed by atoms with Gasteiger partial charge in [0.05, 0.1) is 27.0 Å². The van der Waals surface area contributed by atoms with E-state index in [9.17, 15) is 9.90 Å². The Labute approximate surface area is 133 Å². The lowest BCUT2D eigenvalue weighted by atomic mass is 10.2. The molecule has 2 amide bonds. The predicted octanol–water partition coefficient (Wildman–Crippen LogP) is 3.06. The number of urea groups is 1. The summed E-state index contributed by atoms with van der Waals surface area (Å²) >= 11 is 0. The van der Waals surface area contributed by atoms with Crippen LogP contribution < -0.4 is 24.8 Å². The number of hydrogen-bond acceptors (Lipinski definition) is 5. The average molecular weight is 318 g/mol. The van der Waals surface area contributed by atoms with Gasteiger partial charge in [0.25, 0.3) is 0 Å². The summed E-state index contributed by atoms with van der Waals surface area (Å²) < 4.78 is 15.5. The van der Waals surface area contributed by atoms with Gasteiger partial charge >= 0.3 is 6.03 Å². The first-order valence-corrected chi connectivity index (χ1v) is 6.75. The molecule has 0 saturated heterocycles. The number of anilines is 2. The fourth-order valence-electron chi connectivity index (χ4n) is 2.04. The van der Waals surface area contributed by atoms with Crippen LogP contribution in [0.25, 0.3) is 0 Å². The molecule has 0 aliphatic rings. The van der Waals surface area contributed by atoms with E-state index in [0.29, 0.717) is 11.4 Å². The first-order valence-electron chi connectivity index (χ1n) is 6.75. The van der Waals surface area contributed by atoms with Crippen LogP contribution in [0.3, 0.4) is 0 Å². The lowest BCUT2D eigenvalue weighted by Crippen LogP contribution is -2.19. The van der Waals surface area contributed by atoms with Crippen molar-refractivity contribution in [3.8, 4) is 23.0 Å². The van der Waals surface area contributed by atoms with Crippen molar-refractivity contribution >= 4 is 17.4 Å². The first kappa shape index (κ1) is 16.3. The molecule has 0 saturated carbocycles. The monoisotopic (exact) mass is 318 g/mol. The van der Waals surface area contributed by atoms with Gasteiger partial charge in [0, 0.05) is 11.8 Å². The van der Waals surface area contributed by atoms with Gasteiger partial charge in [0.15, 0.2) is 11.5 Å². The molecule has 7 nitrogen and oxygen atoms in total. The topological polar surface area (TPSA) is 89.1 Å². The lowest BCUT2D eigenvalue weighted by Gasteiger charge is -2.17. The van der Waals surface area contributed by atoms with E-state index in [4.69, 9.17) is 14.2 Å². The summed E-state index contributed by atoms with van der Waals surface area (Å²) in [5.41, 5.74) is 0.755. The van der Waals surface area contributed by atoms with Crippen molar-refractivity contribution in [2.45, 2.75) is 0 Å². The van der Waals surface area contributed by atoms with Crippen molar-refractivity contribution in [1.29, 1.82) is 0 Å². The van der Waals surface area contributed by atoms with Crippen molar-refractivity contribution < 1.29 is 24.1 Å². The molecular formula is C16H18N2O5. The number of phenolic OH excluding ortho intramolecular Hbond substituents is 1. The molecule has 7 heteroatoms. The van der Waals surface area contributed by atoms with E-state index < -0.39 is 6.03 Å². The van der Waals surface area contributed by atoms with E-state index in [1.807, 2.05) is 6.07 Å². The van der Waals surface area contributed by atoms with E-state index >= 15 is 0 Å². The molecule has 0 unspecified atom stereocenters. The number of hydrogen-bond donors (Lipinski definition) is 3. The Kier molecular flexibility index (Phi) is 5.14. The molecule has 122 valence electrons. The Morgan fingerprint density at radius 2 is 1.61 bits per heavy atom. The highest BCUT2D eigenvalue weighted by molar-refractivity contribution is 6.01. The molecule has 2 aromatic rings. The predicted molar refractivity (Wildman–Crippen MR) is 86.8 cm³/mol. The average Bonchev–Trinajstić information content (AvgIpc) is 2.56. The maximum absolute atomic E-state index is 12.0. The van der Waals surface area contributed by atoms with Crippen LogP contribution in [0.2, 0.25) is 0 Å². The molecule has 0 atom stereocenters. The van der Waals surface area contributed by atoms with Crippen LogP contribution >= 0.6 is 0 Å². The third kappa shape index (κ3) is 3.57. The highest BCUT2D eigenvalue weighted by Gasteiger charge is 2.21. The minimum absolute atomic E-state index is 0.0712. The Morgan fingerprint density at radius 1 is 0.957 bits per heavy atom. The summed E-state index contributed by atoms with van der Waals surface area (Å²) in [5, 5.41) is 15.4. The number of phenols is 1. The van der Waals surface area contributed by atoms with Gasteiger partial charge in [-0.3, -0.25) is 0 Å². The van der Waals surface area contributed by atoms with Gasteiger partial charge in [0.1, 0.15) is 0 Å². The van der Waals surface area contributed by atoms with E-state index in [-0.39, 0.29) is 22.9 Å². The first-order chi connectivity index (χ1) is 11.1. The minimum Gasteiger partial charge on any atom is -0.503 e. The van der Waals surface area contributed by atoms with Gasteiger partial charge in [-0.15, -0.1) is 0 Å². The summed E-state index contributed by atoms with van der Waals surface area (Å²) in [6.45, 7) is 0. The molecule has 2 aromatic carbocycles. The molecule has 0 aliphatic carbocycles. The SMILES string of the molecule is COc1cc(NC(=O)Nc2ccccc2)c(O)c(OC)c1OC. The van der Waals surface area contributed by atoms with Crippen molar-refractivity contribution in [2.24, 2.45) is 0 Å². The van der Waals surface area contributed by atoms with E-state index in [1.165, 1.54) is 27.4 Å². The van der Waals surface area contributed by atoms with Crippen LogP contribution in [0.15, 0.2) is 36.4 Å². The van der Waals surface area contributed by atoms with E-state index in [1.54, 1.807) is 24.3 Å². The summed E-state index contributed by atoms with van der Waals surface area (Å²) in [7, 11) is 4.25. The molecule has 0 radical (unpaired) electrons. The molecule has 0 bridgehead atoms. The number of carbonyl (C=O) groups is 1. The number of aromatic hydroxyl groups is 1. The fraction of sp³-hybridized carbons (Fsp3) is 0.188. The molecule has 0 spiro atoms. The molecule has 3 N–H and O–H groups in total. The molecule has 23 heavy (non-hydrogen) atoms. The fourth-order valence-corrected chi connectivity index (χ4v) is 2.04. The summed E-state index contributed by atoms with van der Waals surface area (Å²) in [4.78, 5) is 12.0. The van der Waals surface area contributed by atoms with Crippen LogP contribution in [0, 0.1) is 0 Å². The number of amides is 2. The van der Waals surface area contributed by atoms with Crippen molar-refractivity contribution in [2.75, 3.05) is 32.0 Å². The Morgan fingerprint density at radius 3 is 2.17 bits per heavy atom. The second kappa shape index (κ2) is 7.26. The zero-order chi connectivity index (χ0) is 16.8. The molecule has 2 rings (SSSR count). The van der Waals surface area contributed by atoms with Gasteiger partial charge in [-0.05, 0) is 12.1 Å². The van der Waals surface area contributed by atoms with E-state index in [0.717, 1.165) is 0 Å². The van der Waals surface area contributed by atoms with Gasteiger partial charge in [-0.1, -0.05) is 18.2 Å². The number of para-hydroxylation sites is 1. The Bertz CT molecular complexity index is 689. The number of carbonyl (C=O) groups excluding carboxylic acids is 1. The van der Waals surface area contributed by atoms with Crippen molar-refractivity contribution in [3.63, 3.8) is 0 Å². The van der Waals surface area contributed by atoms with Crippen LogP contribution in [0.4, 0.5) is 16.2 Å². The molecule has 0 heterocycles. The number of benzene rings is 2. The zero-order valence-corrected chi connectivity index (χ0v) is 13.0. The van der Waals surface area contributed by atoms with Crippen LogP contribution in [-0.2, 0) is 0 Å². The third-order valence-corrected chi connectivity index (χ3v) is 3.08. The normalized spacial score (nSPS) is 9.87. The smallest absolute Gasteiger partial charge is 0.323 e. The molecular weight excluding hydrogens is 300 g/mol. The van der Waals surface area contributed by atoms with Crippen molar-refractivity contribution in [3.05, 3.63) is 36.4 Å². The number of nitrogens with one attached hydrogen (secondary N) is 2. The standard InChI is InChI=1S/C16H18N2O5/c1-21-12-9-11(13(19)15(23-3)14(12)22-2)18-16(20)17-10-7-5-4-6-8-10/h4-9,19H,1-3H3,(H2,17,18,20). The van der Waals surface area contributed by atoms with Crippen LogP contribution in [-0.4, -0.2) is 32.5 Å². The van der Waals surface area contributed by atoms with Crippen molar-refractivity contribution in [1.82, 2.24) is 0 Å². The highest BCUT2D eigenvalue weighted by Crippen LogP contribution is 2.48. The maximum atomic E-state index is 12.0. The van der Waals surface area contributed by atoms with Crippen LogP contribution in [0.1, 0.15) is 0 Å². The van der Waals surface area contributed by atoms with Gasteiger partial charge in [-0.2, -0.15) is 0 Å². The highest BCUT2D eigenvalue weighted by atomic mass is 16.5. The van der Waals surface area contributed by atoms with E-state index in [2.05, 4.69) is 10.6 Å². The van der Waals surface area contributed by atoms with Crippen LogP contribution in [0.5, 0.6) is 23.0 Å². The third-order valence-electron chi connectivity index (χ3n) is 3.08. The second-order valence-corrected chi connectivity index (χ2v) is 4.49. The van der Waals surface area contributed by atoms with Gasteiger partial charge in [0.2, 0.25) is 11.5 Å². The largest absolute Gasteiger partial charge is 0.503 e. The Hall–Kier alpha value is -3.09. The number of methoxy groups -OCH3 is 3. The number of rotatable bonds is 5. The minimum atomic E-state index is -0.513. The van der Waals surface area contributed by atoms with Gasteiger partial charge < -0.3 is 30.0 Å². The number of ether oxygens (including phenoxy) is 3.